The van der Waals surface area contributed by atoms with Crippen LogP contribution in [-0.4, -0.2) is 35.6 Å². The number of aliphatic hydroxyl groups is 2. The molecule has 19 heavy (non-hydrogen) atoms. The second kappa shape index (κ2) is 7.13. The first-order valence-corrected chi connectivity index (χ1v) is 6.22. The average molecular weight is 266 g/mol. The van der Waals surface area contributed by atoms with Crippen LogP contribution < -0.4 is 0 Å². The highest BCUT2D eigenvalue weighted by atomic mass is 16.5. The highest BCUT2D eigenvalue weighted by Crippen LogP contribution is 2.06. The van der Waals surface area contributed by atoms with Crippen LogP contribution in [0.15, 0.2) is 45.6 Å². The van der Waals surface area contributed by atoms with Crippen molar-refractivity contribution in [2.45, 2.75) is 25.0 Å². The summed E-state index contributed by atoms with van der Waals surface area (Å²) in [6, 6.07) is 7.15. The lowest BCUT2D eigenvalue weighted by atomic mass is 10.2. The van der Waals surface area contributed by atoms with Gasteiger partial charge in [0.1, 0.15) is 11.5 Å². The van der Waals surface area contributed by atoms with E-state index in [1.807, 2.05) is 0 Å². The third kappa shape index (κ3) is 4.90. The Bertz CT molecular complexity index is 392. The fraction of sp³-hybridized carbons (Fsp3) is 0.429. The van der Waals surface area contributed by atoms with Crippen LogP contribution in [0.3, 0.4) is 0 Å². The van der Waals surface area contributed by atoms with Crippen LogP contribution >= 0.6 is 0 Å². The number of hydrogen-bond donors (Lipinski definition) is 2. The van der Waals surface area contributed by atoms with Crippen molar-refractivity contribution < 1.29 is 23.8 Å². The minimum Gasteiger partial charge on any atom is -0.469 e. The maximum atomic E-state index is 9.71. The van der Waals surface area contributed by atoms with Crippen LogP contribution in [0.1, 0.15) is 11.5 Å². The summed E-state index contributed by atoms with van der Waals surface area (Å²) in [5.74, 6) is 1.43. The Labute approximate surface area is 111 Å². The van der Waals surface area contributed by atoms with E-state index in [9.17, 15) is 10.2 Å². The van der Waals surface area contributed by atoms with Crippen molar-refractivity contribution in [2.75, 3.05) is 13.2 Å². The van der Waals surface area contributed by atoms with Crippen molar-refractivity contribution in [3.8, 4) is 0 Å². The first-order valence-electron chi connectivity index (χ1n) is 6.22. The zero-order valence-electron chi connectivity index (χ0n) is 10.6. The molecule has 0 aliphatic rings. The SMILES string of the molecule is OC(COCC(O)Cc1ccco1)Cc1ccco1. The molecule has 0 saturated heterocycles. The molecule has 0 aliphatic heterocycles. The van der Waals surface area contributed by atoms with Gasteiger partial charge in [0.2, 0.25) is 0 Å². The smallest absolute Gasteiger partial charge is 0.106 e. The predicted molar refractivity (Wildman–Crippen MR) is 67.7 cm³/mol. The van der Waals surface area contributed by atoms with Crippen molar-refractivity contribution in [2.24, 2.45) is 0 Å². The van der Waals surface area contributed by atoms with Gasteiger partial charge in [0.15, 0.2) is 0 Å². The highest BCUT2D eigenvalue weighted by Gasteiger charge is 2.11. The van der Waals surface area contributed by atoms with Crippen molar-refractivity contribution in [1.29, 1.82) is 0 Å². The molecule has 104 valence electrons. The van der Waals surface area contributed by atoms with E-state index in [-0.39, 0.29) is 13.2 Å². The summed E-state index contributed by atoms with van der Waals surface area (Å²) < 4.78 is 15.5. The van der Waals surface area contributed by atoms with E-state index < -0.39 is 12.2 Å². The second-order valence-corrected chi connectivity index (χ2v) is 4.41. The average Bonchev–Trinajstić information content (AvgIpc) is 3.02. The highest BCUT2D eigenvalue weighted by molar-refractivity contribution is 5.00. The van der Waals surface area contributed by atoms with Crippen molar-refractivity contribution in [3.05, 3.63) is 48.3 Å². The molecule has 0 aliphatic carbocycles. The third-order valence-corrected chi connectivity index (χ3v) is 2.65. The number of hydrogen-bond acceptors (Lipinski definition) is 5. The number of aliphatic hydroxyl groups excluding tert-OH is 2. The molecule has 2 N–H and O–H groups in total. The number of furan rings is 2. The van der Waals surface area contributed by atoms with Gasteiger partial charge in [0.25, 0.3) is 0 Å². The lowest BCUT2D eigenvalue weighted by Crippen LogP contribution is -2.24. The molecule has 0 amide bonds. The minimum atomic E-state index is -0.637. The molecule has 0 bridgehead atoms. The molecular formula is C14H18O5. The molecule has 2 atom stereocenters. The van der Waals surface area contributed by atoms with Gasteiger partial charge in [0, 0.05) is 12.8 Å². The van der Waals surface area contributed by atoms with Crippen molar-refractivity contribution in [1.82, 2.24) is 0 Å². The standard InChI is InChI=1S/C14H18O5/c15-11(7-13-3-1-5-18-13)9-17-10-12(16)8-14-4-2-6-19-14/h1-6,11-12,15-16H,7-10H2. The van der Waals surface area contributed by atoms with E-state index in [0.717, 1.165) is 0 Å². The van der Waals surface area contributed by atoms with E-state index >= 15 is 0 Å². The quantitative estimate of drug-likeness (QED) is 0.755. The van der Waals surface area contributed by atoms with Gasteiger partial charge in [-0.05, 0) is 24.3 Å². The fourth-order valence-corrected chi connectivity index (χ4v) is 1.78. The van der Waals surface area contributed by atoms with Gasteiger partial charge >= 0.3 is 0 Å². The monoisotopic (exact) mass is 266 g/mol. The first-order chi connectivity index (χ1) is 9.24. The molecule has 0 spiro atoms. The largest absolute Gasteiger partial charge is 0.469 e. The summed E-state index contributed by atoms with van der Waals surface area (Å²) in [6.45, 7) is 0.325. The molecule has 2 aromatic heterocycles. The van der Waals surface area contributed by atoms with Gasteiger partial charge in [-0.3, -0.25) is 0 Å². The van der Waals surface area contributed by atoms with Crippen LogP contribution in [0, 0.1) is 0 Å². The van der Waals surface area contributed by atoms with Gasteiger partial charge in [-0.15, -0.1) is 0 Å². The van der Waals surface area contributed by atoms with Crippen LogP contribution in [0.2, 0.25) is 0 Å². The normalized spacial score (nSPS) is 14.4. The maximum Gasteiger partial charge on any atom is 0.106 e. The Morgan fingerprint density at radius 2 is 1.37 bits per heavy atom. The van der Waals surface area contributed by atoms with E-state index in [2.05, 4.69) is 0 Å². The van der Waals surface area contributed by atoms with Crippen LogP contribution in [0.4, 0.5) is 0 Å². The molecule has 2 unspecified atom stereocenters. The van der Waals surface area contributed by atoms with Gasteiger partial charge in [0.05, 0.1) is 37.9 Å². The summed E-state index contributed by atoms with van der Waals surface area (Å²) in [6.07, 6.45) is 2.66. The summed E-state index contributed by atoms with van der Waals surface area (Å²) in [5.41, 5.74) is 0. The molecule has 5 heteroatoms. The summed E-state index contributed by atoms with van der Waals surface area (Å²) in [4.78, 5) is 0. The van der Waals surface area contributed by atoms with Crippen molar-refractivity contribution in [3.63, 3.8) is 0 Å². The Balaban J connectivity index is 1.60. The lowest BCUT2D eigenvalue weighted by molar-refractivity contribution is -0.00912. The van der Waals surface area contributed by atoms with Crippen molar-refractivity contribution >= 4 is 0 Å². The molecule has 0 saturated carbocycles. The van der Waals surface area contributed by atoms with Gasteiger partial charge in [-0.2, -0.15) is 0 Å². The Kier molecular flexibility index (Phi) is 5.20. The van der Waals surface area contributed by atoms with Gasteiger partial charge in [-0.1, -0.05) is 0 Å². The van der Waals surface area contributed by atoms with E-state index in [0.29, 0.717) is 24.4 Å². The third-order valence-electron chi connectivity index (χ3n) is 2.65. The molecule has 5 nitrogen and oxygen atoms in total. The van der Waals surface area contributed by atoms with E-state index in [4.69, 9.17) is 13.6 Å². The van der Waals surface area contributed by atoms with Gasteiger partial charge in [-0.25, -0.2) is 0 Å². The van der Waals surface area contributed by atoms with Crippen LogP contribution in [-0.2, 0) is 17.6 Å². The van der Waals surface area contributed by atoms with E-state index in [1.54, 1.807) is 36.8 Å². The second-order valence-electron chi connectivity index (χ2n) is 4.41. The minimum absolute atomic E-state index is 0.163. The summed E-state index contributed by atoms with van der Waals surface area (Å²) in [7, 11) is 0. The summed E-state index contributed by atoms with van der Waals surface area (Å²) in [5, 5.41) is 19.4. The molecule has 2 rings (SSSR count). The molecule has 2 heterocycles. The lowest BCUT2D eigenvalue weighted by Gasteiger charge is -2.13. The van der Waals surface area contributed by atoms with E-state index in [1.165, 1.54) is 0 Å². The van der Waals surface area contributed by atoms with Crippen LogP contribution in [0.25, 0.3) is 0 Å². The molecule has 0 radical (unpaired) electrons. The summed E-state index contributed by atoms with van der Waals surface area (Å²) >= 11 is 0. The molecular weight excluding hydrogens is 248 g/mol. The topological polar surface area (TPSA) is 76.0 Å². The Morgan fingerprint density at radius 1 is 0.895 bits per heavy atom. The fourth-order valence-electron chi connectivity index (χ4n) is 1.78. The maximum absolute atomic E-state index is 9.71. The zero-order valence-corrected chi connectivity index (χ0v) is 10.6. The Morgan fingerprint density at radius 3 is 1.74 bits per heavy atom. The molecule has 0 fully saturated rings. The first kappa shape index (κ1) is 13.9. The molecule has 0 aromatic carbocycles. The van der Waals surface area contributed by atoms with Gasteiger partial charge < -0.3 is 23.8 Å². The zero-order chi connectivity index (χ0) is 13.5. The predicted octanol–water partition coefficient (Wildman–Crippen LogP) is 1.40. The van der Waals surface area contributed by atoms with Crippen LogP contribution in [0.5, 0.6) is 0 Å². The Hall–Kier alpha value is -1.56. The number of rotatable bonds is 8. The number of ether oxygens (including phenoxy) is 1. The molecule has 2 aromatic rings.